The average molecular weight is 290 g/mol. The highest BCUT2D eigenvalue weighted by Crippen LogP contribution is 2.25. The minimum absolute atomic E-state index is 0.0537. The summed E-state index contributed by atoms with van der Waals surface area (Å²) >= 11 is 0. The molecule has 1 aliphatic rings. The Morgan fingerprint density at radius 2 is 1.81 bits per heavy atom. The number of carbonyl (C=O) groups excluding carboxylic acids is 1. The van der Waals surface area contributed by atoms with Gasteiger partial charge in [-0.2, -0.15) is 0 Å². The lowest BCUT2D eigenvalue weighted by molar-refractivity contribution is -0.139. The predicted octanol–water partition coefficient (Wildman–Crippen LogP) is 2.18. The third-order valence-electron chi connectivity index (χ3n) is 3.95. The average Bonchev–Trinajstić information content (AvgIpc) is 2.45. The van der Waals surface area contributed by atoms with Crippen LogP contribution in [-0.2, 0) is 11.4 Å². The molecule has 0 unspecified atom stereocenters. The van der Waals surface area contributed by atoms with Crippen LogP contribution in [0.25, 0.3) is 0 Å². The topological polar surface area (TPSA) is 43.8 Å². The second-order valence-corrected chi connectivity index (χ2v) is 6.82. The molecule has 0 saturated carbocycles. The number of aliphatic hydroxyl groups excluding tert-OH is 1. The standard InChI is InChI=1S/C17H26N2O2/c1-13-5-6-15(14(11-13)12-20)18-7-9-19(10-8-18)16(21)17(2,3)4/h5-6,11,20H,7-10,12H2,1-4H3. The van der Waals surface area contributed by atoms with Crippen LogP contribution in [-0.4, -0.2) is 42.1 Å². The van der Waals surface area contributed by atoms with Gasteiger partial charge in [0.2, 0.25) is 5.91 Å². The number of aryl methyl sites for hydroxylation is 1. The second kappa shape index (κ2) is 6.06. The van der Waals surface area contributed by atoms with Crippen LogP contribution in [0.4, 0.5) is 5.69 Å². The van der Waals surface area contributed by atoms with Crippen LogP contribution in [0.5, 0.6) is 0 Å². The number of rotatable bonds is 2. The van der Waals surface area contributed by atoms with Crippen molar-refractivity contribution in [3.8, 4) is 0 Å². The van der Waals surface area contributed by atoms with Crippen LogP contribution in [0.2, 0.25) is 0 Å². The van der Waals surface area contributed by atoms with Crippen LogP contribution in [0.15, 0.2) is 18.2 Å². The highest BCUT2D eigenvalue weighted by Gasteiger charge is 2.30. The van der Waals surface area contributed by atoms with Gasteiger partial charge in [-0.1, -0.05) is 38.5 Å². The zero-order valence-corrected chi connectivity index (χ0v) is 13.5. The van der Waals surface area contributed by atoms with Gasteiger partial charge in [0, 0.05) is 42.8 Å². The Labute approximate surface area is 127 Å². The Hall–Kier alpha value is -1.55. The summed E-state index contributed by atoms with van der Waals surface area (Å²) < 4.78 is 0. The molecule has 2 rings (SSSR count). The smallest absolute Gasteiger partial charge is 0.228 e. The molecule has 4 heteroatoms. The van der Waals surface area contributed by atoms with Crippen molar-refractivity contribution in [3.05, 3.63) is 29.3 Å². The van der Waals surface area contributed by atoms with Crippen molar-refractivity contribution in [1.29, 1.82) is 0 Å². The monoisotopic (exact) mass is 290 g/mol. The zero-order valence-electron chi connectivity index (χ0n) is 13.5. The second-order valence-electron chi connectivity index (χ2n) is 6.82. The minimum atomic E-state index is -0.317. The van der Waals surface area contributed by atoms with Gasteiger partial charge in [-0.15, -0.1) is 0 Å². The van der Waals surface area contributed by atoms with E-state index in [9.17, 15) is 9.90 Å². The highest BCUT2D eigenvalue weighted by molar-refractivity contribution is 5.81. The van der Waals surface area contributed by atoms with Crippen molar-refractivity contribution >= 4 is 11.6 Å². The lowest BCUT2D eigenvalue weighted by Gasteiger charge is -2.39. The summed E-state index contributed by atoms with van der Waals surface area (Å²) in [6.45, 7) is 11.1. The van der Waals surface area contributed by atoms with Crippen molar-refractivity contribution in [2.24, 2.45) is 5.41 Å². The van der Waals surface area contributed by atoms with Crippen LogP contribution in [0, 0.1) is 12.3 Å². The first-order valence-electron chi connectivity index (χ1n) is 7.57. The van der Waals surface area contributed by atoms with Gasteiger partial charge in [0.25, 0.3) is 0 Å². The largest absolute Gasteiger partial charge is 0.392 e. The van der Waals surface area contributed by atoms with Gasteiger partial charge in [0.1, 0.15) is 0 Å². The number of benzene rings is 1. The first-order chi connectivity index (χ1) is 9.82. The summed E-state index contributed by atoms with van der Waals surface area (Å²) in [7, 11) is 0. The molecular formula is C17H26N2O2. The first kappa shape index (κ1) is 15.8. The van der Waals surface area contributed by atoms with E-state index in [1.165, 1.54) is 0 Å². The SMILES string of the molecule is Cc1ccc(N2CCN(C(=O)C(C)(C)C)CC2)c(CO)c1. The Morgan fingerprint density at radius 1 is 1.19 bits per heavy atom. The van der Waals surface area contributed by atoms with Gasteiger partial charge in [-0.25, -0.2) is 0 Å². The van der Waals surface area contributed by atoms with Crippen LogP contribution < -0.4 is 4.90 Å². The maximum Gasteiger partial charge on any atom is 0.228 e. The summed E-state index contributed by atoms with van der Waals surface area (Å²) in [6.07, 6.45) is 0. The van der Waals surface area contributed by atoms with Gasteiger partial charge < -0.3 is 14.9 Å². The lowest BCUT2D eigenvalue weighted by Crippen LogP contribution is -2.51. The van der Waals surface area contributed by atoms with Crippen molar-refractivity contribution < 1.29 is 9.90 Å². The maximum atomic E-state index is 12.3. The number of hydrogen-bond donors (Lipinski definition) is 1. The van der Waals surface area contributed by atoms with E-state index in [-0.39, 0.29) is 17.9 Å². The van der Waals surface area contributed by atoms with E-state index < -0.39 is 0 Å². The van der Waals surface area contributed by atoms with Crippen LogP contribution in [0.1, 0.15) is 31.9 Å². The number of nitrogens with zero attached hydrogens (tertiary/aromatic N) is 2. The molecule has 0 aliphatic carbocycles. The molecule has 1 N–H and O–H groups in total. The molecule has 0 spiro atoms. The van der Waals surface area contributed by atoms with Gasteiger partial charge in [0.05, 0.1) is 6.61 Å². The number of amides is 1. The maximum absolute atomic E-state index is 12.3. The number of carbonyl (C=O) groups is 1. The van der Waals surface area contributed by atoms with Crippen molar-refractivity contribution in [3.63, 3.8) is 0 Å². The third-order valence-corrected chi connectivity index (χ3v) is 3.95. The molecular weight excluding hydrogens is 264 g/mol. The fourth-order valence-electron chi connectivity index (χ4n) is 2.77. The Kier molecular flexibility index (Phi) is 4.57. The molecule has 116 valence electrons. The summed E-state index contributed by atoms with van der Waals surface area (Å²) in [5.74, 6) is 0.216. The molecule has 1 aromatic carbocycles. The van der Waals surface area contributed by atoms with E-state index in [4.69, 9.17) is 0 Å². The van der Waals surface area contributed by atoms with Gasteiger partial charge in [-0.3, -0.25) is 4.79 Å². The number of anilines is 1. The molecule has 0 bridgehead atoms. The molecule has 0 atom stereocenters. The molecule has 1 amide bonds. The van der Waals surface area contributed by atoms with Gasteiger partial charge >= 0.3 is 0 Å². The molecule has 1 fully saturated rings. The van der Waals surface area contributed by atoms with E-state index in [1.807, 2.05) is 38.7 Å². The summed E-state index contributed by atoms with van der Waals surface area (Å²) in [5.41, 5.74) is 2.89. The Bertz CT molecular complexity index is 512. The Balaban J connectivity index is 2.06. The van der Waals surface area contributed by atoms with E-state index in [0.717, 1.165) is 43.0 Å². The third kappa shape index (κ3) is 3.56. The molecule has 1 saturated heterocycles. The van der Waals surface area contributed by atoms with E-state index >= 15 is 0 Å². The molecule has 1 aromatic rings. The summed E-state index contributed by atoms with van der Waals surface area (Å²) in [5, 5.41) is 9.53. The van der Waals surface area contributed by atoms with Gasteiger partial charge in [-0.05, 0) is 13.0 Å². The predicted molar refractivity (Wildman–Crippen MR) is 85.3 cm³/mol. The van der Waals surface area contributed by atoms with E-state index in [0.29, 0.717) is 0 Å². The van der Waals surface area contributed by atoms with Crippen molar-refractivity contribution in [2.45, 2.75) is 34.3 Å². The molecule has 1 aliphatic heterocycles. The first-order valence-corrected chi connectivity index (χ1v) is 7.57. The van der Waals surface area contributed by atoms with E-state index in [2.05, 4.69) is 17.0 Å². The summed E-state index contributed by atoms with van der Waals surface area (Å²) in [4.78, 5) is 16.5. The van der Waals surface area contributed by atoms with Gasteiger partial charge in [0.15, 0.2) is 0 Å². The highest BCUT2D eigenvalue weighted by atomic mass is 16.3. The fourth-order valence-corrected chi connectivity index (χ4v) is 2.77. The zero-order chi connectivity index (χ0) is 15.6. The molecule has 1 heterocycles. The summed E-state index contributed by atoms with van der Waals surface area (Å²) in [6, 6.07) is 6.17. The van der Waals surface area contributed by atoms with Crippen molar-refractivity contribution in [2.75, 3.05) is 31.1 Å². The normalized spacial score (nSPS) is 16.2. The Morgan fingerprint density at radius 3 is 2.33 bits per heavy atom. The molecule has 21 heavy (non-hydrogen) atoms. The van der Waals surface area contributed by atoms with Crippen LogP contribution >= 0.6 is 0 Å². The fraction of sp³-hybridized carbons (Fsp3) is 0.588. The number of aliphatic hydroxyl groups is 1. The molecule has 0 radical (unpaired) electrons. The number of piperazine rings is 1. The quantitative estimate of drug-likeness (QED) is 0.908. The molecule has 0 aromatic heterocycles. The van der Waals surface area contributed by atoms with E-state index in [1.54, 1.807) is 0 Å². The minimum Gasteiger partial charge on any atom is -0.392 e. The molecule has 4 nitrogen and oxygen atoms in total. The number of hydrogen-bond acceptors (Lipinski definition) is 3. The van der Waals surface area contributed by atoms with Crippen LogP contribution in [0.3, 0.4) is 0 Å². The van der Waals surface area contributed by atoms with Crippen molar-refractivity contribution in [1.82, 2.24) is 4.90 Å². The lowest BCUT2D eigenvalue weighted by atomic mass is 9.94.